The van der Waals surface area contributed by atoms with E-state index >= 15 is 0 Å². The summed E-state index contributed by atoms with van der Waals surface area (Å²) in [7, 11) is 0. The average Bonchev–Trinajstić information content (AvgIpc) is 3.43. The first kappa shape index (κ1) is 27.9. The molecule has 1 aliphatic heterocycles. The van der Waals surface area contributed by atoms with Crippen molar-refractivity contribution >= 4 is 45.5 Å². The van der Waals surface area contributed by atoms with Crippen LogP contribution in [0.3, 0.4) is 0 Å². The van der Waals surface area contributed by atoms with Gasteiger partial charge in [0.1, 0.15) is 0 Å². The quantitative estimate of drug-likeness (QED) is 0.305. The second-order valence-corrected chi connectivity index (χ2v) is 13.6. The summed E-state index contributed by atoms with van der Waals surface area (Å²) in [6.07, 6.45) is 2.54. The number of carbonyl (C=O) groups is 3. The zero-order valence-electron chi connectivity index (χ0n) is 23.7. The molecule has 0 bridgehead atoms. The van der Waals surface area contributed by atoms with Crippen molar-refractivity contribution < 1.29 is 19.1 Å². The predicted octanol–water partition coefficient (Wildman–Crippen LogP) is 4.96. The van der Waals surface area contributed by atoms with Crippen molar-refractivity contribution in [2.45, 2.75) is 38.1 Å². The van der Waals surface area contributed by atoms with Gasteiger partial charge in [-0.25, -0.2) is 0 Å². The molecule has 9 nitrogen and oxygen atoms in total. The Kier molecular flexibility index (Phi) is 7.32. The van der Waals surface area contributed by atoms with Gasteiger partial charge in [0.2, 0.25) is 16.0 Å². The number of nitrogens with one attached hydrogen (secondary N) is 2. The molecular formula is C32H31N5O4S2. The van der Waals surface area contributed by atoms with E-state index in [-0.39, 0.29) is 34.7 Å². The number of rotatable bonds is 7. The summed E-state index contributed by atoms with van der Waals surface area (Å²) in [6.45, 7) is 4.37. The average molecular weight is 614 g/mol. The zero-order valence-corrected chi connectivity index (χ0v) is 25.3. The maximum absolute atomic E-state index is 13.9. The van der Waals surface area contributed by atoms with Crippen LogP contribution in [0.2, 0.25) is 0 Å². The number of benzene rings is 2. The molecule has 43 heavy (non-hydrogen) atoms. The molecule has 2 fully saturated rings. The van der Waals surface area contributed by atoms with E-state index < -0.39 is 5.41 Å². The molecule has 2 aliphatic carbocycles. The fourth-order valence-corrected chi connectivity index (χ4v) is 7.97. The van der Waals surface area contributed by atoms with Crippen LogP contribution in [-0.2, 0) is 16.0 Å². The maximum Gasteiger partial charge on any atom is 0.282 e. The number of ether oxygens (including phenoxy) is 1. The van der Waals surface area contributed by atoms with Gasteiger partial charge in [-0.1, -0.05) is 53.8 Å². The fourth-order valence-electron chi connectivity index (χ4n) is 5.96. The van der Waals surface area contributed by atoms with E-state index in [1.807, 2.05) is 54.3 Å². The highest BCUT2D eigenvalue weighted by Crippen LogP contribution is 2.55. The van der Waals surface area contributed by atoms with Gasteiger partial charge in [-0.3, -0.25) is 19.7 Å². The van der Waals surface area contributed by atoms with Crippen LogP contribution >= 0.6 is 22.7 Å². The number of fused-ring (bicyclic) bond motifs is 1. The van der Waals surface area contributed by atoms with Crippen LogP contribution < -0.4 is 10.6 Å². The highest BCUT2D eigenvalue weighted by molar-refractivity contribution is 7.17. The minimum Gasteiger partial charge on any atom is -0.378 e. The Balaban J connectivity index is 1.13. The van der Waals surface area contributed by atoms with Gasteiger partial charge in [-0.2, -0.15) is 0 Å². The van der Waals surface area contributed by atoms with E-state index in [4.69, 9.17) is 4.74 Å². The SMILES string of the molecule is C[C@]1(C(=O)Nc2nnc(C(=O)NC3CC3)s2)Cc2sc(-c3ccc(C(=O)N4CCOCC4)cc3)cc2[C@H]1c1ccccc1. The number of carbonyl (C=O) groups excluding carboxylic acids is 3. The number of nitrogens with zero attached hydrogens (tertiary/aromatic N) is 3. The molecule has 1 saturated heterocycles. The first-order valence-electron chi connectivity index (χ1n) is 14.5. The third-order valence-corrected chi connectivity index (χ3v) is 10.5. The number of hydrogen-bond donors (Lipinski definition) is 2. The molecule has 3 heterocycles. The number of anilines is 1. The highest BCUT2D eigenvalue weighted by atomic mass is 32.1. The minimum absolute atomic E-state index is 0.0283. The lowest BCUT2D eigenvalue weighted by molar-refractivity contribution is -0.125. The Morgan fingerprint density at radius 1 is 0.977 bits per heavy atom. The van der Waals surface area contributed by atoms with Crippen LogP contribution in [0, 0.1) is 5.41 Å². The Bertz CT molecular complexity index is 1680. The minimum atomic E-state index is -0.766. The molecule has 220 valence electrons. The lowest BCUT2D eigenvalue weighted by Gasteiger charge is -2.31. The third kappa shape index (κ3) is 5.48. The summed E-state index contributed by atoms with van der Waals surface area (Å²) in [6, 6.07) is 20.3. The van der Waals surface area contributed by atoms with E-state index in [0.29, 0.717) is 43.4 Å². The van der Waals surface area contributed by atoms with Gasteiger partial charge in [0.15, 0.2) is 0 Å². The van der Waals surface area contributed by atoms with Crippen LogP contribution in [-0.4, -0.2) is 65.2 Å². The predicted molar refractivity (Wildman–Crippen MR) is 166 cm³/mol. The fraction of sp³-hybridized carbons (Fsp3) is 0.344. The maximum atomic E-state index is 13.9. The van der Waals surface area contributed by atoms with Crippen LogP contribution in [0.15, 0.2) is 60.7 Å². The highest BCUT2D eigenvalue weighted by Gasteiger charge is 2.50. The molecule has 0 radical (unpaired) electrons. The summed E-state index contributed by atoms with van der Waals surface area (Å²) in [5, 5.41) is 14.6. The lowest BCUT2D eigenvalue weighted by atomic mass is 9.73. The molecule has 2 aromatic heterocycles. The second-order valence-electron chi connectivity index (χ2n) is 11.5. The van der Waals surface area contributed by atoms with Gasteiger partial charge in [0, 0.05) is 40.4 Å². The molecule has 0 unspecified atom stereocenters. The van der Waals surface area contributed by atoms with E-state index in [9.17, 15) is 14.4 Å². The molecule has 2 N–H and O–H groups in total. The summed E-state index contributed by atoms with van der Waals surface area (Å²) in [5.74, 6) is -0.535. The van der Waals surface area contributed by atoms with Crippen molar-refractivity contribution in [3.8, 4) is 10.4 Å². The van der Waals surface area contributed by atoms with Gasteiger partial charge >= 0.3 is 0 Å². The molecule has 2 atom stereocenters. The zero-order chi connectivity index (χ0) is 29.6. The molecule has 11 heteroatoms. The molecule has 1 saturated carbocycles. The summed E-state index contributed by atoms with van der Waals surface area (Å²) in [4.78, 5) is 43.3. The van der Waals surface area contributed by atoms with Gasteiger partial charge in [-0.05, 0) is 61.1 Å². The lowest BCUT2D eigenvalue weighted by Crippen LogP contribution is -2.40. The van der Waals surface area contributed by atoms with Crippen molar-refractivity contribution in [3.05, 3.63) is 87.2 Å². The van der Waals surface area contributed by atoms with Crippen molar-refractivity contribution in [2.24, 2.45) is 5.41 Å². The van der Waals surface area contributed by atoms with Crippen LogP contribution in [0.4, 0.5) is 5.13 Å². The van der Waals surface area contributed by atoms with Gasteiger partial charge < -0.3 is 15.0 Å². The Morgan fingerprint density at radius 2 is 1.72 bits per heavy atom. The van der Waals surface area contributed by atoms with Crippen molar-refractivity contribution in [2.75, 3.05) is 31.6 Å². The van der Waals surface area contributed by atoms with Gasteiger partial charge in [0.25, 0.3) is 11.8 Å². The van der Waals surface area contributed by atoms with Crippen molar-refractivity contribution in [1.82, 2.24) is 20.4 Å². The van der Waals surface area contributed by atoms with Crippen LogP contribution in [0.1, 0.15) is 61.8 Å². The molecule has 2 aromatic carbocycles. The summed E-state index contributed by atoms with van der Waals surface area (Å²) >= 11 is 2.79. The van der Waals surface area contributed by atoms with Crippen molar-refractivity contribution in [1.29, 1.82) is 0 Å². The standard InChI is InChI=1S/C32H31N5O4S2/c1-32(30(40)34-31-36-35-28(43-31)27(38)33-22-11-12-22)18-25-23(26(32)20-5-3-2-4-6-20)17-24(42-25)19-7-9-21(10-8-19)29(39)37-13-15-41-16-14-37/h2-10,17,22,26H,11-16,18H2,1H3,(H,33,38)(H,34,36,40)/t26-,32+/m1/s1. The van der Waals surface area contributed by atoms with E-state index in [2.05, 4.69) is 39.0 Å². The van der Waals surface area contributed by atoms with Crippen molar-refractivity contribution in [3.63, 3.8) is 0 Å². The van der Waals surface area contributed by atoms with Crippen LogP contribution in [0.25, 0.3) is 10.4 Å². The largest absolute Gasteiger partial charge is 0.378 e. The number of amides is 3. The first-order chi connectivity index (χ1) is 20.9. The normalized spacial score (nSPS) is 21.3. The Hall–Kier alpha value is -3.93. The van der Waals surface area contributed by atoms with Gasteiger partial charge in [0.05, 0.1) is 18.6 Å². The second kappa shape index (κ2) is 11.3. The molecule has 3 amide bonds. The van der Waals surface area contributed by atoms with E-state index in [1.54, 1.807) is 11.3 Å². The molecule has 4 aromatic rings. The molecule has 7 rings (SSSR count). The van der Waals surface area contributed by atoms with E-state index in [1.165, 1.54) is 0 Å². The number of thiophene rings is 1. The van der Waals surface area contributed by atoms with Gasteiger partial charge in [-0.15, -0.1) is 21.5 Å². The van der Waals surface area contributed by atoms with E-state index in [0.717, 1.165) is 50.6 Å². The summed E-state index contributed by atoms with van der Waals surface area (Å²) in [5.41, 5.74) is 3.15. The van der Waals surface area contributed by atoms with Crippen LogP contribution in [0.5, 0.6) is 0 Å². The smallest absolute Gasteiger partial charge is 0.282 e. The monoisotopic (exact) mass is 613 g/mol. The number of morpholine rings is 1. The Labute approximate surface area is 257 Å². The molecule has 3 aliphatic rings. The number of hydrogen-bond acceptors (Lipinski definition) is 8. The molecular weight excluding hydrogens is 583 g/mol. The molecule has 0 spiro atoms. The topological polar surface area (TPSA) is 114 Å². The summed E-state index contributed by atoms with van der Waals surface area (Å²) < 4.78 is 5.38. The Morgan fingerprint density at radius 3 is 2.44 bits per heavy atom. The number of aromatic nitrogens is 2. The first-order valence-corrected chi connectivity index (χ1v) is 16.1. The third-order valence-electron chi connectivity index (χ3n) is 8.44.